The molecule has 0 radical (unpaired) electrons. The number of hydrogen-bond acceptors (Lipinski definition) is 0. The van der Waals surface area contributed by atoms with Crippen LogP contribution in [0.15, 0.2) is 23.6 Å². The Labute approximate surface area is 71.0 Å². The van der Waals surface area contributed by atoms with E-state index in [1.165, 1.54) is 25.7 Å². The first-order valence-electron chi connectivity index (χ1n) is 4.50. The smallest absolute Gasteiger partial charge is 0.0980 e. The first kappa shape index (κ1) is 8.79. The number of allylic oxidation sites excluding steroid dienone is 2. The van der Waals surface area contributed by atoms with Gasteiger partial charge >= 0.3 is 0 Å². The highest BCUT2D eigenvalue weighted by molar-refractivity contribution is 6.88. The van der Waals surface area contributed by atoms with Gasteiger partial charge in [0.1, 0.15) is 0 Å². The van der Waals surface area contributed by atoms with Crippen molar-refractivity contribution in [1.29, 1.82) is 0 Å². The van der Waals surface area contributed by atoms with E-state index in [2.05, 4.69) is 31.4 Å². The molecule has 11 heavy (non-hydrogen) atoms. The minimum absolute atomic E-state index is 1.15. The van der Waals surface area contributed by atoms with E-state index in [4.69, 9.17) is 0 Å². The normalized spacial score (nSPS) is 19.3. The molecular weight excluding hydrogens is 148 g/mol. The van der Waals surface area contributed by atoms with Crippen LogP contribution in [0.4, 0.5) is 0 Å². The Morgan fingerprint density at radius 2 is 2.18 bits per heavy atom. The maximum absolute atomic E-state index is 3.93. The highest BCUT2D eigenvalue weighted by Gasteiger charge is 2.22. The van der Waals surface area contributed by atoms with Crippen molar-refractivity contribution in [2.75, 3.05) is 0 Å². The second-order valence-corrected chi connectivity index (χ2v) is 8.39. The molecule has 0 heterocycles. The summed E-state index contributed by atoms with van der Waals surface area (Å²) in [5.74, 6) is 0. The molecule has 1 rings (SSSR count). The van der Waals surface area contributed by atoms with E-state index in [1.54, 1.807) is 5.20 Å². The van der Waals surface area contributed by atoms with Crippen molar-refractivity contribution in [3.05, 3.63) is 23.6 Å². The average Bonchev–Trinajstić information content (AvgIpc) is 2.06. The molecule has 0 amide bonds. The van der Waals surface area contributed by atoms with E-state index >= 15 is 0 Å². The van der Waals surface area contributed by atoms with E-state index in [0.29, 0.717) is 0 Å². The molecule has 0 N–H and O–H groups in total. The second-order valence-electron chi connectivity index (χ2n) is 3.90. The lowest BCUT2D eigenvalue weighted by molar-refractivity contribution is 0.718. The minimum Gasteiger partial charge on any atom is -0.107 e. The van der Waals surface area contributed by atoms with Crippen LogP contribution in [0.3, 0.4) is 0 Å². The van der Waals surface area contributed by atoms with E-state index in [-0.39, 0.29) is 0 Å². The Kier molecular flexibility index (Phi) is 2.71. The topological polar surface area (TPSA) is 0 Å². The van der Waals surface area contributed by atoms with Gasteiger partial charge in [-0.3, -0.25) is 0 Å². The summed E-state index contributed by atoms with van der Waals surface area (Å²) < 4.78 is 0. The molecule has 0 fully saturated rings. The molecule has 0 saturated carbocycles. The summed E-state index contributed by atoms with van der Waals surface area (Å²) in [5.41, 5.74) is 2.20. The Morgan fingerprint density at radius 3 is 2.64 bits per heavy atom. The lowest BCUT2D eigenvalue weighted by atomic mass is 10.1. The Bertz CT molecular complexity index is 177. The highest BCUT2D eigenvalue weighted by atomic mass is 28.3. The maximum Gasteiger partial charge on any atom is 0.0980 e. The van der Waals surface area contributed by atoms with Gasteiger partial charge in [-0.25, -0.2) is 0 Å². The van der Waals surface area contributed by atoms with Gasteiger partial charge < -0.3 is 0 Å². The van der Waals surface area contributed by atoms with Crippen LogP contribution < -0.4 is 0 Å². The summed E-state index contributed by atoms with van der Waals surface area (Å²) in [7, 11) is -1.15. The van der Waals surface area contributed by atoms with E-state index in [9.17, 15) is 0 Å². The summed E-state index contributed by atoms with van der Waals surface area (Å²) in [5, 5.41) is 1.72. The van der Waals surface area contributed by atoms with Crippen molar-refractivity contribution in [3.8, 4) is 0 Å². The molecule has 0 spiro atoms. The highest BCUT2D eigenvalue weighted by Crippen LogP contribution is 2.26. The average molecular weight is 166 g/mol. The molecule has 0 atom stereocenters. The summed E-state index contributed by atoms with van der Waals surface area (Å²) >= 11 is 0. The van der Waals surface area contributed by atoms with Gasteiger partial charge in [0.2, 0.25) is 0 Å². The molecule has 0 saturated heterocycles. The Hall–Kier alpha value is -0.303. The number of rotatable bonds is 2. The lowest BCUT2D eigenvalue weighted by Gasteiger charge is -2.24. The molecule has 0 aromatic rings. The fraction of sp³-hybridized carbons (Fsp3) is 0.600. The van der Waals surface area contributed by atoms with Crippen LogP contribution in [0.25, 0.3) is 0 Å². The zero-order valence-electron chi connectivity index (χ0n) is 7.69. The molecule has 1 aliphatic rings. The summed E-state index contributed by atoms with van der Waals surface area (Å²) in [4.78, 5) is 0. The maximum atomic E-state index is 3.93. The molecule has 0 aromatic heterocycles. The third-order valence-corrected chi connectivity index (χ3v) is 5.76. The van der Waals surface area contributed by atoms with E-state index in [1.807, 2.05) is 0 Å². The predicted octanol–water partition coefficient (Wildman–Crippen LogP) is 3.46. The third-order valence-electron chi connectivity index (χ3n) is 2.63. The molecule has 1 aliphatic carbocycles. The van der Waals surface area contributed by atoms with Gasteiger partial charge in [-0.2, -0.15) is 0 Å². The molecule has 0 unspecified atom stereocenters. The quantitative estimate of drug-likeness (QED) is 0.551. The van der Waals surface area contributed by atoms with Crippen LogP contribution in [0.1, 0.15) is 25.7 Å². The summed E-state index contributed by atoms with van der Waals surface area (Å²) in [6.07, 6.45) is 7.89. The van der Waals surface area contributed by atoms with E-state index in [0.717, 1.165) is 0 Å². The van der Waals surface area contributed by atoms with Gasteiger partial charge in [0.05, 0.1) is 8.07 Å². The molecule has 0 aromatic carbocycles. The van der Waals surface area contributed by atoms with Crippen LogP contribution >= 0.6 is 0 Å². The predicted molar refractivity (Wildman–Crippen MR) is 54.2 cm³/mol. The van der Waals surface area contributed by atoms with Crippen LogP contribution in [0.2, 0.25) is 13.1 Å². The van der Waals surface area contributed by atoms with Crippen LogP contribution in [-0.4, -0.2) is 8.07 Å². The second kappa shape index (κ2) is 3.40. The fourth-order valence-corrected chi connectivity index (χ4v) is 3.31. The van der Waals surface area contributed by atoms with Crippen molar-refractivity contribution in [2.24, 2.45) is 0 Å². The van der Waals surface area contributed by atoms with Gasteiger partial charge in [0, 0.05) is 0 Å². The van der Waals surface area contributed by atoms with Crippen molar-refractivity contribution in [3.63, 3.8) is 0 Å². The molecule has 0 nitrogen and oxygen atoms in total. The zero-order valence-corrected chi connectivity index (χ0v) is 8.69. The molecule has 0 aliphatic heterocycles. The Balaban J connectivity index is 2.71. The van der Waals surface area contributed by atoms with Gasteiger partial charge in [-0.1, -0.05) is 30.1 Å². The van der Waals surface area contributed by atoms with Crippen molar-refractivity contribution in [2.45, 2.75) is 38.8 Å². The molecule has 1 heteroatoms. The van der Waals surface area contributed by atoms with Gasteiger partial charge in [-0.15, -0.1) is 6.58 Å². The van der Waals surface area contributed by atoms with Crippen molar-refractivity contribution < 1.29 is 0 Å². The standard InChI is InChI=1S/C10H18Si/c1-4-11(2,3)10-8-6-5-7-9-10/h4,8H,1,5-7,9H2,2-3H3. The zero-order chi connectivity index (χ0) is 8.32. The summed E-state index contributed by atoms with van der Waals surface area (Å²) in [6, 6.07) is 0. The largest absolute Gasteiger partial charge is 0.107 e. The first-order chi connectivity index (χ1) is 5.17. The number of hydrogen-bond donors (Lipinski definition) is 0. The van der Waals surface area contributed by atoms with Gasteiger partial charge in [0.25, 0.3) is 0 Å². The molecule has 62 valence electrons. The third kappa shape index (κ3) is 2.06. The van der Waals surface area contributed by atoms with Gasteiger partial charge in [0.15, 0.2) is 0 Å². The SMILES string of the molecule is C=C[Si](C)(C)C1=CCCCC1. The minimum atomic E-state index is -1.15. The van der Waals surface area contributed by atoms with Crippen LogP contribution in [-0.2, 0) is 0 Å². The molecular formula is C10H18Si. The Morgan fingerprint density at radius 1 is 1.45 bits per heavy atom. The lowest BCUT2D eigenvalue weighted by Crippen LogP contribution is -2.27. The van der Waals surface area contributed by atoms with E-state index < -0.39 is 8.07 Å². The van der Waals surface area contributed by atoms with Crippen LogP contribution in [0, 0.1) is 0 Å². The summed E-state index contributed by atoms with van der Waals surface area (Å²) in [6.45, 7) is 8.70. The fourth-order valence-electron chi connectivity index (χ4n) is 1.55. The monoisotopic (exact) mass is 166 g/mol. The first-order valence-corrected chi connectivity index (χ1v) is 7.57. The molecule has 0 bridgehead atoms. The van der Waals surface area contributed by atoms with Crippen molar-refractivity contribution >= 4 is 8.07 Å². The van der Waals surface area contributed by atoms with Crippen molar-refractivity contribution in [1.82, 2.24) is 0 Å². The van der Waals surface area contributed by atoms with Gasteiger partial charge in [-0.05, 0) is 25.7 Å². The van der Waals surface area contributed by atoms with Crippen LogP contribution in [0.5, 0.6) is 0 Å².